The molecular weight excluding hydrogens is 234 g/mol. The molecule has 1 fully saturated rings. The molecule has 0 aromatic rings. The first kappa shape index (κ1) is 15.0. The van der Waals surface area contributed by atoms with E-state index in [1.807, 2.05) is 0 Å². The molecule has 5 heteroatoms. The van der Waals surface area contributed by atoms with Gasteiger partial charge in [-0.15, -0.1) is 0 Å². The first-order chi connectivity index (χ1) is 8.41. The number of hydrogen-bond donors (Lipinski definition) is 3. The average molecular weight is 257 g/mol. The van der Waals surface area contributed by atoms with Crippen molar-refractivity contribution in [2.24, 2.45) is 11.8 Å². The van der Waals surface area contributed by atoms with Crippen LogP contribution in [0.25, 0.3) is 0 Å². The topological polar surface area (TPSA) is 86.6 Å². The van der Waals surface area contributed by atoms with Crippen LogP contribution in [0.5, 0.6) is 0 Å². The van der Waals surface area contributed by atoms with Crippen LogP contribution in [-0.2, 0) is 9.59 Å². The minimum atomic E-state index is -1.01. The Bertz CT molecular complexity index is 303. The lowest BCUT2D eigenvalue weighted by molar-refractivity contribution is -0.143. The summed E-state index contributed by atoms with van der Waals surface area (Å²) in [6, 6.07) is -0.849. The molecular formula is C13H23NO4. The highest BCUT2D eigenvalue weighted by Gasteiger charge is 2.28. The van der Waals surface area contributed by atoms with E-state index >= 15 is 0 Å². The van der Waals surface area contributed by atoms with Gasteiger partial charge in [-0.3, -0.25) is 4.79 Å². The predicted molar refractivity (Wildman–Crippen MR) is 67.0 cm³/mol. The van der Waals surface area contributed by atoms with Gasteiger partial charge in [-0.25, -0.2) is 4.79 Å². The normalized spacial score (nSPS) is 25.8. The van der Waals surface area contributed by atoms with Crippen molar-refractivity contribution >= 4 is 11.9 Å². The fraction of sp³-hybridized carbons (Fsp3) is 0.846. The summed E-state index contributed by atoms with van der Waals surface area (Å²) < 4.78 is 0. The lowest BCUT2D eigenvalue weighted by atomic mass is 9.84. The maximum atomic E-state index is 11.8. The molecule has 0 saturated heterocycles. The van der Waals surface area contributed by atoms with E-state index in [0.717, 1.165) is 25.7 Å². The zero-order valence-corrected chi connectivity index (χ0v) is 11.1. The van der Waals surface area contributed by atoms with Gasteiger partial charge in [0.25, 0.3) is 0 Å². The molecule has 5 nitrogen and oxygen atoms in total. The van der Waals surface area contributed by atoms with Crippen molar-refractivity contribution in [3.8, 4) is 0 Å². The Morgan fingerprint density at radius 3 is 2.39 bits per heavy atom. The summed E-state index contributed by atoms with van der Waals surface area (Å²) in [5.74, 6) is -1.47. The van der Waals surface area contributed by atoms with Crippen LogP contribution in [0.15, 0.2) is 0 Å². The number of carboxylic acids is 1. The fourth-order valence-electron chi connectivity index (χ4n) is 2.41. The number of carbonyl (C=O) groups is 2. The summed E-state index contributed by atoms with van der Waals surface area (Å²) in [4.78, 5) is 22.8. The average Bonchev–Trinajstić information content (AvgIpc) is 2.28. The van der Waals surface area contributed by atoms with Crippen LogP contribution in [0.2, 0.25) is 0 Å². The number of aliphatic hydroxyl groups is 1. The second-order valence-electron chi connectivity index (χ2n) is 5.44. The molecule has 0 aromatic carbocycles. The molecule has 3 N–H and O–H groups in total. The van der Waals surface area contributed by atoms with Gasteiger partial charge in [0, 0.05) is 6.42 Å². The minimum Gasteiger partial charge on any atom is -0.480 e. The summed E-state index contributed by atoms with van der Waals surface area (Å²) in [7, 11) is 0. The second kappa shape index (κ2) is 6.73. The molecule has 0 unspecified atom stereocenters. The molecule has 18 heavy (non-hydrogen) atoms. The van der Waals surface area contributed by atoms with Crippen LogP contribution in [0.3, 0.4) is 0 Å². The lowest BCUT2D eigenvalue weighted by Gasteiger charge is -2.27. The molecule has 3 atom stereocenters. The van der Waals surface area contributed by atoms with Crippen molar-refractivity contribution in [1.29, 1.82) is 0 Å². The number of carboxylic acid groups (broad SMARTS) is 1. The predicted octanol–water partition coefficient (Wildman–Crippen LogP) is 1.15. The van der Waals surface area contributed by atoms with Gasteiger partial charge < -0.3 is 15.5 Å². The van der Waals surface area contributed by atoms with Crippen LogP contribution in [0, 0.1) is 11.8 Å². The number of nitrogens with one attached hydrogen (secondary N) is 1. The third-order valence-electron chi connectivity index (χ3n) is 3.57. The SMILES string of the molecule is CC(C)[C@H](NC(=O)C[C@@H]1CCCC[C@H]1O)C(=O)O. The molecule has 0 aromatic heterocycles. The molecule has 0 radical (unpaired) electrons. The zero-order valence-electron chi connectivity index (χ0n) is 11.1. The van der Waals surface area contributed by atoms with Gasteiger partial charge in [-0.1, -0.05) is 26.7 Å². The summed E-state index contributed by atoms with van der Waals surface area (Å²) in [6.07, 6.45) is 3.41. The summed E-state index contributed by atoms with van der Waals surface area (Å²) in [6.45, 7) is 3.52. The van der Waals surface area contributed by atoms with Gasteiger partial charge in [0.15, 0.2) is 0 Å². The highest BCUT2D eigenvalue weighted by Crippen LogP contribution is 2.26. The van der Waals surface area contributed by atoms with Gasteiger partial charge in [-0.2, -0.15) is 0 Å². The highest BCUT2D eigenvalue weighted by atomic mass is 16.4. The van der Waals surface area contributed by atoms with Crippen molar-refractivity contribution in [2.75, 3.05) is 0 Å². The molecule has 1 rings (SSSR count). The minimum absolute atomic E-state index is 0.0274. The van der Waals surface area contributed by atoms with Crippen LogP contribution in [-0.4, -0.2) is 34.2 Å². The number of hydrogen-bond acceptors (Lipinski definition) is 3. The molecule has 104 valence electrons. The second-order valence-corrected chi connectivity index (χ2v) is 5.44. The third kappa shape index (κ3) is 4.29. The van der Waals surface area contributed by atoms with E-state index in [1.165, 1.54) is 0 Å². The zero-order chi connectivity index (χ0) is 13.7. The Morgan fingerprint density at radius 2 is 1.89 bits per heavy atom. The maximum absolute atomic E-state index is 11.8. The molecule has 0 heterocycles. The number of aliphatic hydroxyl groups excluding tert-OH is 1. The Labute approximate surface area is 108 Å². The Kier molecular flexibility index (Phi) is 5.59. The number of carbonyl (C=O) groups excluding carboxylic acids is 1. The van der Waals surface area contributed by atoms with Crippen molar-refractivity contribution in [3.05, 3.63) is 0 Å². The first-order valence-corrected chi connectivity index (χ1v) is 6.62. The highest BCUT2D eigenvalue weighted by molar-refractivity contribution is 5.83. The lowest BCUT2D eigenvalue weighted by Crippen LogP contribution is -2.45. The number of rotatable bonds is 5. The van der Waals surface area contributed by atoms with E-state index in [1.54, 1.807) is 13.8 Å². The first-order valence-electron chi connectivity index (χ1n) is 6.62. The molecule has 1 saturated carbocycles. The van der Waals surface area contributed by atoms with E-state index in [0.29, 0.717) is 0 Å². The molecule has 0 aliphatic heterocycles. The quantitative estimate of drug-likeness (QED) is 0.689. The van der Waals surface area contributed by atoms with E-state index in [9.17, 15) is 14.7 Å². The Balaban J connectivity index is 2.47. The maximum Gasteiger partial charge on any atom is 0.326 e. The summed E-state index contributed by atoms with van der Waals surface area (Å²) >= 11 is 0. The largest absolute Gasteiger partial charge is 0.480 e. The molecule has 0 bridgehead atoms. The smallest absolute Gasteiger partial charge is 0.326 e. The number of aliphatic carboxylic acids is 1. The summed E-state index contributed by atoms with van der Waals surface area (Å²) in [5, 5.41) is 21.3. The van der Waals surface area contributed by atoms with Crippen molar-refractivity contribution < 1.29 is 19.8 Å². The van der Waals surface area contributed by atoms with E-state index in [-0.39, 0.29) is 24.2 Å². The molecule has 1 aliphatic carbocycles. The van der Waals surface area contributed by atoms with E-state index < -0.39 is 18.1 Å². The van der Waals surface area contributed by atoms with Crippen molar-refractivity contribution in [2.45, 2.75) is 58.1 Å². The van der Waals surface area contributed by atoms with Crippen LogP contribution in [0.1, 0.15) is 46.0 Å². The summed E-state index contributed by atoms with van der Waals surface area (Å²) in [5.41, 5.74) is 0. The fourth-order valence-corrected chi connectivity index (χ4v) is 2.41. The van der Waals surface area contributed by atoms with E-state index in [4.69, 9.17) is 5.11 Å². The van der Waals surface area contributed by atoms with Gasteiger partial charge >= 0.3 is 5.97 Å². The van der Waals surface area contributed by atoms with Gasteiger partial charge in [0.1, 0.15) is 6.04 Å². The Hall–Kier alpha value is -1.10. The Morgan fingerprint density at radius 1 is 1.28 bits per heavy atom. The van der Waals surface area contributed by atoms with Crippen LogP contribution < -0.4 is 5.32 Å². The van der Waals surface area contributed by atoms with Gasteiger partial charge in [0.2, 0.25) is 5.91 Å². The monoisotopic (exact) mass is 257 g/mol. The third-order valence-corrected chi connectivity index (χ3v) is 3.57. The number of amides is 1. The molecule has 1 aliphatic rings. The van der Waals surface area contributed by atoms with Crippen molar-refractivity contribution in [1.82, 2.24) is 5.32 Å². The standard InChI is InChI=1S/C13H23NO4/c1-8(2)12(13(17)18)14-11(16)7-9-5-3-4-6-10(9)15/h8-10,12,15H,3-7H2,1-2H3,(H,14,16)(H,17,18)/t9-,10+,12-/m0/s1. The van der Waals surface area contributed by atoms with Crippen molar-refractivity contribution in [3.63, 3.8) is 0 Å². The van der Waals surface area contributed by atoms with Gasteiger partial charge in [0.05, 0.1) is 6.10 Å². The molecule has 1 amide bonds. The van der Waals surface area contributed by atoms with Gasteiger partial charge in [-0.05, 0) is 24.7 Å². The van der Waals surface area contributed by atoms with Crippen LogP contribution >= 0.6 is 0 Å². The molecule has 0 spiro atoms. The van der Waals surface area contributed by atoms with Crippen LogP contribution in [0.4, 0.5) is 0 Å². The van der Waals surface area contributed by atoms with E-state index in [2.05, 4.69) is 5.32 Å².